The van der Waals surface area contributed by atoms with Crippen LogP contribution in [0, 0.1) is 0 Å². The van der Waals surface area contributed by atoms with Crippen molar-refractivity contribution in [1.82, 2.24) is 0 Å². The maximum absolute atomic E-state index is 5.84. The van der Waals surface area contributed by atoms with Gasteiger partial charge in [0.1, 0.15) is 0 Å². The molecule has 1 saturated heterocycles. The highest BCUT2D eigenvalue weighted by molar-refractivity contribution is 5.24. The molecule has 1 rings (SSSR count). The van der Waals surface area contributed by atoms with E-state index in [1.54, 1.807) is 12.2 Å². The van der Waals surface area contributed by atoms with Crippen LogP contribution in [0.15, 0.2) is 37.0 Å². The molecule has 1 heterocycles. The highest BCUT2D eigenvalue weighted by atomic mass is 16.8. The summed E-state index contributed by atoms with van der Waals surface area (Å²) in [7, 11) is 0. The van der Waals surface area contributed by atoms with Gasteiger partial charge in [0.25, 0.3) is 5.91 Å². The van der Waals surface area contributed by atoms with Crippen molar-refractivity contribution in [2.75, 3.05) is 13.2 Å². The van der Waals surface area contributed by atoms with Crippen molar-refractivity contribution >= 4 is 0 Å². The Morgan fingerprint density at radius 1 is 1.33 bits per heavy atom. The molecule has 15 heavy (non-hydrogen) atoms. The minimum absolute atomic E-state index is 0.524. The van der Waals surface area contributed by atoms with Crippen LogP contribution in [0.25, 0.3) is 0 Å². The number of allylic oxidation sites excluding steroid dienone is 2. The summed E-state index contributed by atoms with van der Waals surface area (Å²) in [6, 6.07) is 0. The zero-order valence-electron chi connectivity index (χ0n) is 9.66. The number of hydrogen-bond acceptors (Lipinski definition) is 3. The van der Waals surface area contributed by atoms with Crippen molar-refractivity contribution in [3.05, 3.63) is 37.0 Å². The van der Waals surface area contributed by atoms with Crippen LogP contribution in [0.4, 0.5) is 0 Å². The van der Waals surface area contributed by atoms with Gasteiger partial charge < -0.3 is 9.47 Å². The first-order valence-corrected chi connectivity index (χ1v) is 5.23. The van der Waals surface area contributed by atoms with Crippen LogP contribution >= 0.6 is 0 Å². The van der Waals surface area contributed by atoms with E-state index in [9.17, 15) is 0 Å². The molecular formula is C12H21NO2. The summed E-state index contributed by atoms with van der Waals surface area (Å²) in [5, 5.41) is 0. The van der Waals surface area contributed by atoms with Gasteiger partial charge in [-0.25, -0.2) is 0 Å². The first-order valence-electron chi connectivity index (χ1n) is 5.23. The Morgan fingerprint density at radius 2 is 1.87 bits per heavy atom. The van der Waals surface area contributed by atoms with E-state index in [-0.39, 0.29) is 0 Å². The highest BCUT2D eigenvalue weighted by Crippen LogP contribution is 2.23. The van der Waals surface area contributed by atoms with Crippen LogP contribution in [0.2, 0.25) is 0 Å². The largest absolute Gasteiger partial charge is 0.331 e. The number of ether oxygens (including phenoxy) is 2. The maximum Gasteiger partial charge on any atom is 0.253 e. The Hall–Kier alpha value is -0.900. The molecule has 86 valence electrons. The summed E-state index contributed by atoms with van der Waals surface area (Å²) >= 11 is 0. The van der Waals surface area contributed by atoms with E-state index in [4.69, 9.17) is 15.2 Å². The minimum Gasteiger partial charge on any atom is -0.331 e. The Morgan fingerprint density at radius 3 is 2.27 bits per heavy atom. The zero-order valence-corrected chi connectivity index (χ0v) is 9.66. The third-order valence-electron chi connectivity index (χ3n) is 1.84. The van der Waals surface area contributed by atoms with Crippen LogP contribution in [0.3, 0.4) is 0 Å². The molecule has 3 nitrogen and oxygen atoms in total. The summed E-state index contributed by atoms with van der Waals surface area (Å²) in [4.78, 5) is 0. The third-order valence-corrected chi connectivity index (χ3v) is 1.84. The molecule has 1 aliphatic rings. The Bertz CT molecular complexity index is 228. The molecule has 0 radical (unpaired) electrons. The summed E-state index contributed by atoms with van der Waals surface area (Å²) in [6.45, 7) is 12.3. The van der Waals surface area contributed by atoms with Crippen molar-refractivity contribution in [2.45, 2.75) is 26.2 Å². The Labute approximate surface area is 92.3 Å². The summed E-state index contributed by atoms with van der Waals surface area (Å²) < 4.78 is 10.5. The monoisotopic (exact) mass is 211 g/mol. The van der Waals surface area contributed by atoms with Gasteiger partial charge in [0, 0.05) is 5.57 Å². The average Bonchev–Trinajstić information content (AvgIpc) is 2.70. The van der Waals surface area contributed by atoms with Crippen molar-refractivity contribution in [1.29, 1.82) is 0 Å². The highest BCUT2D eigenvalue weighted by Gasteiger charge is 2.34. The smallest absolute Gasteiger partial charge is 0.253 e. The molecule has 0 spiro atoms. The summed E-state index contributed by atoms with van der Waals surface area (Å²) in [5.74, 6) is -1.09. The quantitative estimate of drug-likeness (QED) is 0.573. The maximum atomic E-state index is 5.84. The molecule has 1 aliphatic heterocycles. The zero-order chi connectivity index (χ0) is 11.7. The van der Waals surface area contributed by atoms with E-state index in [0.717, 1.165) is 12.0 Å². The van der Waals surface area contributed by atoms with E-state index < -0.39 is 5.91 Å². The number of rotatable bonds is 4. The molecule has 0 unspecified atom stereocenters. The van der Waals surface area contributed by atoms with Gasteiger partial charge in [0.2, 0.25) is 0 Å². The molecule has 0 aliphatic carbocycles. The predicted octanol–water partition coefficient (Wildman–Crippen LogP) is 2.36. The first kappa shape index (κ1) is 14.1. The Balaban J connectivity index is 0.000000921. The lowest BCUT2D eigenvalue weighted by Gasteiger charge is -2.22. The summed E-state index contributed by atoms with van der Waals surface area (Å²) in [5.41, 5.74) is 6.59. The normalized spacial score (nSPS) is 19.0. The van der Waals surface area contributed by atoms with Crippen LogP contribution in [0.5, 0.6) is 0 Å². The van der Waals surface area contributed by atoms with Crippen molar-refractivity contribution in [2.24, 2.45) is 5.73 Å². The van der Waals surface area contributed by atoms with E-state index in [1.807, 2.05) is 19.9 Å². The lowest BCUT2D eigenvalue weighted by atomic mass is 10.1. The molecule has 2 N–H and O–H groups in total. The lowest BCUT2D eigenvalue weighted by Crippen LogP contribution is -2.42. The molecule has 1 fully saturated rings. The van der Waals surface area contributed by atoms with Gasteiger partial charge in [-0.1, -0.05) is 38.7 Å². The van der Waals surface area contributed by atoms with Gasteiger partial charge in [-0.2, -0.15) is 0 Å². The van der Waals surface area contributed by atoms with Gasteiger partial charge in [-0.05, 0) is 6.42 Å². The molecule has 3 heteroatoms. The summed E-state index contributed by atoms with van der Waals surface area (Å²) in [6.07, 6.45) is 6.05. The molecule has 0 bridgehead atoms. The molecule has 0 saturated carbocycles. The second-order valence-electron chi connectivity index (χ2n) is 2.75. The predicted molar refractivity (Wildman–Crippen MR) is 63.3 cm³/mol. The van der Waals surface area contributed by atoms with Crippen LogP contribution in [0.1, 0.15) is 20.3 Å². The SMILES string of the molecule is C=CC/C=C(\C=C)C1(N)OCCO1.CC. The van der Waals surface area contributed by atoms with E-state index >= 15 is 0 Å². The van der Waals surface area contributed by atoms with Gasteiger partial charge >= 0.3 is 0 Å². The van der Waals surface area contributed by atoms with Gasteiger partial charge in [-0.3, -0.25) is 5.73 Å². The number of hydrogen-bond donors (Lipinski definition) is 1. The van der Waals surface area contributed by atoms with Crippen molar-refractivity contribution in [3.8, 4) is 0 Å². The van der Waals surface area contributed by atoms with E-state index in [1.165, 1.54) is 0 Å². The number of nitrogens with two attached hydrogens (primary N) is 1. The standard InChI is InChI=1S/C10H15NO2.C2H6/c1-3-5-6-9(4-2)10(11)12-7-8-13-10;1-2/h3-4,6H,1-2,5,7-8,11H2;1-2H3/b9-6+;. The molecule has 0 aromatic rings. The second-order valence-corrected chi connectivity index (χ2v) is 2.75. The van der Waals surface area contributed by atoms with Crippen molar-refractivity contribution in [3.63, 3.8) is 0 Å². The second kappa shape index (κ2) is 7.40. The van der Waals surface area contributed by atoms with E-state index in [0.29, 0.717) is 13.2 Å². The Kier molecular flexibility index (Phi) is 6.96. The molecule has 0 aromatic carbocycles. The topological polar surface area (TPSA) is 44.5 Å². The van der Waals surface area contributed by atoms with Crippen LogP contribution in [-0.4, -0.2) is 19.1 Å². The van der Waals surface area contributed by atoms with Gasteiger partial charge in [0.15, 0.2) is 0 Å². The van der Waals surface area contributed by atoms with Crippen LogP contribution in [-0.2, 0) is 9.47 Å². The first-order chi connectivity index (χ1) is 7.23. The van der Waals surface area contributed by atoms with Gasteiger partial charge in [0.05, 0.1) is 13.2 Å². The fraction of sp³-hybridized carbons (Fsp3) is 0.500. The molecule has 0 atom stereocenters. The third kappa shape index (κ3) is 4.00. The fourth-order valence-electron chi connectivity index (χ4n) is 1.17. The molecule has 0 aromatic heterocycles. The average molecular weight is 211 g/mol. The fourth-order valence-corrected chi connectivity index (χ4v) is 1.17. The lowest BCUT2D eigenvalue weighted by molar-refractivity contribution is -0.117. The minimum atomic E-state index is -1.09. The molecular weight excluding hydrogens is 190 g/mol. The van der Waals surface area contributed by atoms with Gasteiger partial charge in [-0.15, -0.1) is 6.58 Å². The van der Waals surface area contributed by atoms with Crippen molar-refractivity contribution < 1.29 is 9.47 Å². The molecule has 0 amide bonds. The van der Waals surface area contributed by atoms with E-state index in [2.05, 4.69) is 13.2 Å². The van der Waals surface area contributed by atoms with Crippen LogP contribution < -0.4 is 5.73 Å².